The second-order valence-corrected chi connectivity index (χ2v) is 8.14. The van der Waals surface area contributed by atoms with E-state index in [1.54, 1.807) is 31.5 Å². The molecule has 0 unspecified atom stereocenters. The van der Waals surface area contributed by atoms with E-state index in [0.717, 1.165) is 0 Å². The highest BCUT2D eigenvalue weighted by Gasteiger charge is 2.28. The van der Waals surface area contributed by atoms with Crippen LogP contribution in [0.4, 0.5) is 24.7 Å². The number of esters is 1. The summed E-state index contributed by atoms with van der Waals surface area (Å²) < 4.78 is 44.1. The van der Waals surface area contributed by atoms with E-state index in [0.29, 0.717) is 17.4 Å². The van der Waals surface area contributed by atoms with Crippen molar-refractivity contribution in [2.75, 3.05) is 17.7 Å². The molecule has 0 fully saturated rings. The molecule has 3 aromatic rings. The lowest BCUT2D eigenvalue weighted by molar-refractivity contribution is -0.105. The first-order valence-electron chi connectivity index (χ1n) is 10.3. The number of halogens is 5. The van der Waals surface area contributed by atoms with Crippen molar-refractivity contribution in [2.24, 2.45) is 4.99 Å². The van der Waals surface area contributed by atoms with Crippen LogP contribution in [0.2, 0.25) is 10.0 Å². The fraction of sp³-hybridized carbons (Fsp3) is 0.273. The van der Waals surface area contributed by atoms with Crippen LogP contribution in [-0.4, -0.2) is 45.6 Å². The number of hydrogen-bond acceptors (Lipinski definition) is 6. The third-order valence-electron chi connectivity index (χ3n) is 3.92. The van der Waals surface area contributed by atoms with Crippen molar-refractivity contribution in [3.8, 4) is 5.69 Å². The summed E-state index contributed by atoms with van der Waals surface area (Å²) in [6, 6.07) is 6.17. The number of nitrogens with one attached hydrogen (secondary N) is 1. The number of hydrogen-bond donors (Lipinski definition) is 1. The Bertz CT molecular complexity index is 1160. The van der Waals surface area contributed by atoms with Gasteiger partial charge in [0.2, 0.25) is 0 Å². The van der Waals surface area contributed by atoms with E-state index in [9.17, 15) is 18.0 Å². The highest BCUT2D eigenvalue weighted by molar-refractivity contribution is 7.99. The first kappa shape index (κ1) is 28.5. The Balaban J connectivity index is 0.00000210. The number of pyridine rings is 1. The van der Waals surface area contributed by atoms with E-state index in [4.69, 9.17) is 27.9 Å². The lowest BCUT2D eigenvalue weighted by Crippen LogP contribution is -2.10. The molecule has 0 spiro atoms. The number of nitrogens with zero attached hydrogens (tertiary/aromatic N) is 4. The second kappa shape index (κ2) is 13.4. The fourth-order valence-corrected chi connectivity index (χ4v) is 3.83. The van der Waals surface area contributed by atoms with Crippen molar-refractivity contribution in [3.63, 3.8) is 0 Å². The topological polar surface area (TPSA) is 81.4 Å². The molecule has 35 heavy (non-hydrogen) atoms. The molecular weight excluding hydrogens is 526 g/mol. The van der Waals surface area contributed by atoms with E-state index < -0.39 is 17.9 Å². The molecule has 0 saturated carbocycles. The quantitative estimate of drug-likeness (QED) is 0.139. The average molecular weight is 548 g/mol. The van der Waals surface area contributed by atoms with E-state index in [1.165, 1.54) is 29.3 Å². The summed E-state index contributed by atoms with van der Waals surface area (Å²) >= 11 is 12.7. The summed E-state index contributed by atoms with van der Waals surface area (Å²) in [4.78, 5) is 20.7. The molecule has 0 amide bonds. The third-order valence-corrected chi connectivity index (χ3v) is 5.78. The van der Waals surface area contributed by atoms with E-state index in [1.807, 2.05) is 13.8 Å². The zero-order valence-corrected chi connectivity index (χ0v) is 21.3. The Hall–Kier alpha value is -2.76. The molecule has 188 valence electrons. The zero-order valence-electron chi connectivity index (χ0n) is 18.9. The Morgan fingerprint density at radius 2 is 2.03 bits per heavy atom. The maximum absolute atomic E-state index is 12.5. The van der Waals surface area contributed by atoms with Crippen molar-refractivity contribution >= 4 is 58.8 Å². The van der Waals surface area contributed by atoms with Gasteiger partial charge in [-0.2, -0.15) is 13.2 Å². The summed E-state index contributed by atoms with van der Waals surface area (Å²) in [5.74, 6) is -1.66. The van der Waals surface area contributed by atoms with Gasteiger partial charge in [0.05, 0.1) is 46.3 Å². The number of carbonyl (C=O) groups excluding carboxylic acids is 1. The molecule has 0 aliphatic rings. The number of carbonyl (C=O) groups is 1. The van der Waals surface area contributed by atoms with Crippen LogP contribution in [0.5, 0.6) is 0 Å². The molecular formula is C22H22Cl2F3N5O2S. The van der Waals surface area contributed by atoms with Gasteiger partial charge in [-0.1, -0.05) is 37.0 Å². The maximum atomic E-state index is 12.5. The molecule has 0 aliphatic heterocycles. The summed E-state index contributed by atoms with van der Waals surface area (Å²) in [6.45, 7) is 5.84. The first-order chi connectivity index (χ1) is 16.7. The molecule has 1 N–H and O–H groups in total. The normalized spacial score (nSPS) is 11.2. The number of alkyl halides is 3. The van der Waals surface area contributed by atoms with Crippen LogP contribution in [0.15, 0.2) is 52.7 Å². The number of thioether (sulfide) groups is 1. The standard InChI is InChI=1S/C20H16Cl2F3N5O2S.C2H6/c1-2-32-19(31)13-9-30(12-4-3-5-26-8-12)29-18(13)28-11-27-16-7-17(15(22)6-14(16)21)33-10-20(23,24)25;1-2/h3-9,11H,2,10H2,1H3,(H,27,28,29);1-2H3. The molecule has 0 bridgehead atoms. The van der Waals surface area contributed by atoms with Gasteiger partial charge in [-0.25, -0.2) is 14.5 Å². The molecule has 7 nitrogen and oxygen atoms in total. The minimum atomic E-state index is -4.35. The van der Waals surface area contributed by atoms with Gasteiger partial charge in [-0.05, 0) is 31.2 Å². The highest BCUT2D eigenvalue weighted by atomic mass is 35.5. The number of aromatic nitrogens is 3. The summed E-state index contributed by atoms with van der Waals surface area (Å²) in [7, 11) is 0. The van der Waals surface area contributed by atoms with Crippen molar-refractivity contribution in [1.29, 1.82) is 0 Å². The largest absolute Gasteiger partial charge is 0.462 e. The summed E-state index contributed by atoms with van der Waals surface area (Å²) in [5.41, 5.74) is 0.991. The molecule has 2 heterocycles. The SMILES string of the molecule is CC.CCOC(=O)c1cn(-c2cccnc2)nc1N=CNc1cc(SCC(F)(F)F)c(Cl)cc1Cl. The van der Waals surface area contributed by atoms with E-state index in [2.05, 4.69) is 20.4 Å². The third kappa shape index (κ3) is 8.44. The molecule has 0 aliphatic carbocycles. The second-order valence-electron chi connectivity index (χ2n) is 6.31. The van der Waals surface area contributed by atoms with Crippen molar-refractivity contribution in [3.05, 3.63) is 58.5 Å². The Morgan fingerprint density at radius 1 is 1.29 bits per heavy atom. The van der Waals surface area contributed by atoms with Crippen molar-refractivity contribution in [2.45, 2.75) is 31.8 Å². The number of anilines is 1. The predicted molar refractivity (Wildman–Crippen MR) is 134 cm³/mol. The highest BCUT2D eigenvalue weighted by Crippen LogP contribution is 2.37. The molecule has 0 saturated heterocycles. The summed E-state index contributed by atoms with van der Waals surface area (Å²) in [6.07, 6.45) is 1.48. The van der Waals surface area contributed by atoms with Crippen LogP contribution >= 0.6 is 35.0 Å². The van der Waals surface area contributed by atoms with Crippen molar-refractivity contribution in [1.82, 2.24) is 14.8 Å². The van der Waals surface area contributed by atoms with Crippen LogP contribution in [-0.2, 0) is 4.74 Å². The van der Waals surface area contributed by atoms with Gasteiger partial charge in [-0.3, -0.25) is 4.98 Å². The van der Waals surface area contributed by atoms with Crippen LogP contribution in [0.3, 0.4) is 0 Å². The van der Waals surface area contributed by atoms with Gasteiger partial charge in [0.1, 0.15) is 5.56 Å². The van der Waals surface area contributed by atoms with Crippen LogP contribution in [0, 0.1) is 0 Å². The Kier molecular flexibility index (Phi) is 10.9. The lowest BCUT2D eigenvalue weighted by Gasteiger charge is -2.11. The predicted octanol–water partition coefficient (Wildman–Crippen LogP) is 7.20. The Labute approximate surface area is 214 Å². The lowest BCUT2D eigenvalue weighted by atomic mass is 10.3. The minimum absolute atomic E-state index is 0.0570. The number of ether oxygens (including phenoxy) is 1. The van der Waals surface area contributed by atoms with Gasteiger partial charge in [0, 0.05) is 17.3 Å². The Morgan fingerprint density at radius 3 is 2.66 bits per heavy atom. The van der Waals surface area contributed by atoms with Gasteiger partial charge in [0.25, 0.3) is 0 Å². The van der Waals surface area contributed by atoms with Gasteiger partial charge < -0.3 is 10.1 Å². The van der Waals surface area contributed by atoms with Crippen LogP contribution in [0.25, 0.3) is 5.69 Å². The molecule has 2 aromatic heterocycles. The fourth-order valence-electron chi connectivity index (χ4n) is 2.51. The van der Waals surface area contributed by atoms with E-state index in [-0.39, 0.29) is 38.6 Å². The van der Waals surface area contributed by atoms with Crippen LogP contribution in [0.1, 0.15) is 31.1 Å². The smallest absolute Gasteiger partial charge is 0.398 e. The number of benzene rings is 1. The summed E-state index contributed by atoms with van der Waals surface area (Å²) in [5, 5.41) is 7.33. The van der Waals surface area contributed by atoms with Crippen molar-refractivity contribution < 1.29 is 22.7 Å². The average Bonchev–Trinajstić information content (AvgIpc) is 3.25. The van der Waals surface area contributed by atoms with Gasteiger partial charge >= 0.3 is 12.1 Å². The van der Waals surface area contributed by atoms with Crippen LogP contribution < -0.4 is 5.32 Å². The molecule has 0 atom stereocenters. The minimum Gasteiger partial charge on any atom is -0.462 e. The number of aliphatic imine (C=N–C) groups is 1. The van der Waals surface area contributed by atoms with E-state index >= 15 is 0 Å². The van der Waals surface area contributed by atoms with Gasteiger partial charge in [-0.15, -0.1) is 16.9 Å². The monoisotopic (exact) mass is 547 g/mol. The van der Waals surface area contributed by atoms with Gasteiger partial charge in [0.15, 0.2) is 5.82 Å². The molecule has 0 radical (unpaired) electrons. The first-order valence-corrected chi connectivity index (χ1v) is 12.1. The molecule has 13 heteroatoms. The molecule has 3 rings (SSSR count). The zero-order chi connectivity index (χ0) is 26.0. The maximum Gasteiger partial charge on any atom is 0.398 e. The molecule has 1 aromatic carbocycles. The number of rotatable bonds is 8.